The van der Waals surface area contributed by atoms with E-state index in [1.165, 1.54) is 23.1 Å². The van der Waals surface area contributed by atoms with Crippen LogP contribution in [0.1, 0.15) is 63.2 Å². The Labute approximate surface area is 220 Å². The molecule has 3 aliphatic rings. The van der Waals surface area contributed by atoms with Crippen LogP contribution in [-0.2, 0) is 20.9 Å². The van der Waals surface area contributed by atoms with Crippen LogP contribution >= 0.6 is 11.8 Å². The molecule has 1 aromatic heterocycles. The highest BCUT2D eigenvalue weighted by Crippen LogP contribution is 2.35. The van der Waals surface area contributed by atoms with Crippen molar-refractivity contribution in [2.24, 2.45) is 9.98 Å². The summed E-state index contributed by atoms with van der Waals surface area (Å²) in [6.07, 6.45) is 7.55. The first-order valence-corrected chi connectivity index (χ1v) is 13.8. The largest absolute Gasteiger partial charge is 0.467 e. The Balaban J connectivity index is 1.32. The number of nitrogens with zero attached hydrogens (tertiary/aromatic N) is 3. The molecule has 2 N–H and O–H groups in total. The summed E-state index contributed by atoms with van der Waals surface area (Å²) < 4.78 is 5.25. The molecule has 0 saturated heterocycles. The van der Waals surface area contributed by atoms with Gasteiger partial charge < -0.3 is 15.1 Å². The first-order valence-electron chi connectivity index (χ1n) is 12.9. The molecule has 0 radical (unpaired) electrons. The number of nitrogens with one attached hydrogen (secondary N) is 2. The van der Waals surface area contributed by atoms with E-state index in [1.54, 1.807) is 18.4 Å². The Morgan fingerprint density at radius 3 is 2.73 bits per heavy atom. The van der Waals surface area contributed by atoms with Gasteiger partial charge in [0.25, 0.3) is 5.91 Å². The molecule has 1 aromatic carbocycles. The van der Waals surface area contributed by atoms with Crippen molar-refractivity contribution in [3.05, 3.63) is 54.0 Å². The summed E-state index contributed by atoms with van der Waals surface area (Å²) in [5.41, 5.74) is 1.43. The van der Waals surface area contributed by atoms with E-state index < -0.39 is 11.3 Å². The van der Waals surface area contributed by atoms with Crippen molar-refractivity contribution >= 4 is 46.2 Å². The molecule has 1 saturated carbocycles. The minimum atomic E-state index is -0.861. The Kier molecular flexibility index (Phi) is 7.73. The van der Waals surface area contributed by atoms with E-state index >= 15 is 0 Å². The summed E-state index contributed by atoms with van der Waals surface area (Å²) in [4.78, 5) is 50.1. The zero-order valence-corrected chi connectivity index (χ0v) is 21.6. The van der Waals surface area contributed by atoms with Crippen LogP contribution in [0.4, 0.5) is 5.69 Å². The second kappa shape index (κ2) is 11.3. The summed E-state index contributed by atoms with van der Waals surface area (Å²) in [6.45, 7) is 2.20. The van der Waals surface area contributed by atoms with Crippen molar-refractivity contribution in [3.63, 3.8) is 0 Å². The maximum Gasteiger partial charge on any atom is 0.259 e. The van der Waals surface area contributed by atoms with Crippen LogP contribution in [0.25, 0.3) is 0 Å². The van der Waals surface area contributed by atoms with Crippen molar-refractivity contribution in [1.82, 2.24) is 15.5 Å². The Hall–Kier alpha value is -3.40. The van der Waals surface area contributed by atoms with Gasteiger partial charge >= 0.3 is 0 Å². The second-order valence-electron chi connectivity index (χ2n) is 9.47. The van der Waals surface area contributed by atoms with Crippen molar-refractivity contribution in [3.8, 4) is 0 Å². The van der Waals surface area contributed by atoms with Gasteiger partial charge in [-0.2, -0.15) is 0 Å². The lowest BCUT2D eigenvalue weighted by Gasteiger charge is -2.29. The molecule has 3 amide bonds. The van der Waals surface area contributed by atoms with Crippen molar-refractivity contribution in [1.29, 1.82) is 0 Å². The fraction of sp³-hybridized carbons (Fsp3) is 0.444. The number of amidine groups is 2. The van der Waals surface area contributed by atoms with Gasteiger partial charge in [0.2, 0.25) is 11.8 Å². The number of hydrogen-bond donors (Lipinski definition) is 2. The quantitative estimate of drug-likeness (QED) is 0.546. The van der Waals surface area contributed by atoms with Crippen LogP contribution in [0.15, 0.2) is 57.1 Å². The molecular weight excluding hydrogens is 490 g/mol. The van der Waals surface area contributed by atoms with Crippen molar-refractivity contribution in [2.45, 2.75) is 75.7 Å². The van der Waals surface area contributed by atoms with Gasteiger partial charge in [0, 0.05) is 11.6 Å². The predicted octanol–water partition coefficient (Wildman–Crippen LogP) is 3.91. The number of amides is 3. The Morgan fingerprint density at radius 1 is 1.16 bits per heavy atom. The predicted molar refractivity (Wildman–Crippen MR) is 143 cm³/mol. The highest BCUT2D eigenvalue weighted by atomic mass is 32.2. The molecule has 0 spiro atoms. The van der Waals surface area contributed by atoms with Crippen LogP contribution in [0.5, 0.6) is 0 Å². The topological polar surface area (TPSA) is 116 Å². The highest BCUT2D eigenvalue weighted by Gasteiger charge is 2.43. The number of benzene rings is 1. The molecule has 9 nitrogen and oxygen atoms in total. The number of rotatable bonds is 8. The summed E-state index contributed by atoms with van der Waals surface area (Å²) in [6, 6.07) is 10.4. The summed E-state index contributed by atoms with van der Waals surface area (Å²) in [5.74, 6) is 0.472. The van der Waals surface area contributed by atoms with Crippen LogP contribution < -0.4 is 10.6 Å². The van der Waals surface area contributed by atoms with E-state index in [0.717, 1.165) is 31.2 Å². The molecule has 2 atom stereocenters. The SMILES string of the molecule is CCC(SC1=Nc2ccccc2C2=NC(CC(=O)NCc3ccco3)C(=O)N12)C(=O)NC1CCCCC1. The summed E-state index contributed by atoms with van der Waals surface area (Å²) >= 11 is 1.28. The Morgan fingerprint density at radius 2 is 1.97 bits per heavy atom. The maximum absolute atomic E-state index is 13.5. The third kappa shape index (κ3) is 5.64. The maximum atomic E-state index is 13.5. The molecular formula is C27H31N5O4S. The molecule has 0 bridgehead atoms. The van der Waals surface area contributed by atoms with E-state index in [2.05, 4.69) is 15.6 Å². The molecule has 5 rings (SSSR count). The van der Waals surface area contributed by atoms with E-state index in [1.807, 2.05) is 31.2 Å². The van der Waals surface area contributed by atoms with E-state index in [9.17, 15) is 14.4 Å². The molecule has 1 aliphatic carbocycles. The van der Waals surface area contributed by atoms with Crippen LogP contribution in [0.2, 0.25) is 0 Å². The fourth-order valence-electron chi connectivity index (χ4n) is 4.85. The monoisotopic (exact) mass is 521 g/mol. The molecule has 10 heteroatoms. The van der Waals surface area contributed by atoms with E-state index in [4.69, 9.17) is 9.41 Å². The third-order valence-corrected chi connectivity index (χ3v) is 8.15. The molecule has 37 heavy (non-hydrogen) atoms. The van der Waals surface area contributed by atoms with Gasteiger partial charge in [-0.3, -0.25) is 19.4 Å². The fourth-order valence-corrected chi connectivity index (χ4v) is 5.88. The van der Waals surface area contributed by atoms with Gasteiger partial charge in [-0.25, -0.2) is 9.89 Å². The first kappa shape index (κ1) is 25.3. The van der Waals surface area contributed by atoms with Crippen LogP contribution in [-0.4, -0.2) is 51.0 Å². The standard InChI is InChI=1S/C27H31N5O4S/c1-2-22(25(34)29-17-9-4-3-5-10-17)37-27-31-20-13-7-6-12-19(20)24-30-21(26(35)32(24)27)15-23(33)28-16-18-11-8-14-36-18/h6-8,11-14,17,21-22H,2-5,9-10,15-16H2,1H3,(H,28,33)(H,29,34). The average Bonchev–Trinajstić information content (AvgIpc) is 3.55. The van der Waals surface area contributed by atoms with E-state index in [-0.39, 0.29) is 36.7 Å². The molecule has 2 unspecified atom stereocenters. The zero-order valence-electron chi connectivity index (χ0n) is 20.8. The number of thioether (sulfide) groups is 1. The van der Waals surface area contributed by atoms with Gasteiger partial charge in [-0.1, -0.05) is 50.1 Å². The number of para-hydroxylation sites is 1. The van der Waals surface area contributed by atoms with Crippen molar-refractivity contribution < 1.29 is 18.8 Å². The smallest absolute Gasteiger partial charge is 0.259 e. The number of hydrogen-bond acceptors (Lipinski definition) is 7. The van der Waals surface area contributed by atoms with Gasteiger partial charge in [-0.05, 0) is 43.5 Å². The highest BCUT2D eigenvalue weighted by molar-refractivity contribution is 8.15. The van der Waals surface area contributed by atoms with Gasteiger partial charge in [0.1, 0.15) is 17.6 Å². The Bertz CT molecular complexity index is 1220. The van der Waals surface area contributed by atoms with Gasteiger partial charge in [-0.15, -0.1) is 0 Å². The molecule has 3 heterocycles. The lowest BCUT2D eigenvalue weighted by atomic mass is 9.95. The number of furan rings is 1. The lowest BCUT2D eigenvalue weighted by Crippen LogP contribution is -2.45. The van der Waals surface area contributed by atoms with Gasteiger partial charge in [0.15, 0.2) is 5.17 Å². The summed E-state index contributed by atoms with van der Waals surface area (Å²) in [7, 11) is 0. The molecule has 194 valence electrons. The first-order chi connectivity index (χ1) is 18.0. The number of carbonyl (C=O) groups excluding carboxylic acids is 3. The molecule has 2 aliphatic heterocycles. The minimum Gasteiger partial charge on any atom is -0.467 e. The lowest BCUT2D eigenvalue weighted by molar-refractivity contribution is -0.128. The van der Waals surface area contributed by atoms with E-state index in [0.29, 0.717) is 28.9 Å². The minimum absolute atomic E-state index is 0.0278. The summed E-state index contributed by atoms with van der Waals surface area (Å²) in [5, 5.41) is 6.01. The second-order valence-corrected chi connectivity index (χ2v) is 10.6. The van der Waals surface area contributed by atoms with Gasteiger partial charge in [0.05, 0.1) is 30.2 Å². The molecule has 2 aromatic rings. The zero-order chi connectivity index (χ0) is 25.8. The van der Waals surface area contributed by atoms with Crippen molar-refractivity contribution in [2.75, 3.05) is 0 Å². The van der Waals surface area contributed by atoms with Crippen LogP contribution in [0, 0.1) is 0 Å². The number of aliphatic imine (C=N–C) groups is 2. The molecule has 1 fully saturated rings. The average molecular weight is 522 g/mol. The number of fused-ring (bicyclic) bond motifs is 3. The number of carbonyl (C=O) groups is 3. The van der Waals surface area contributed by atoms with Crippen LogP contribution in [0.3, 0.4) is 0 Å². The third-order valence-electron chi connectivity index (χ3n) is 6.83. The normalized spacial score (nSPS) is 20.0.